The number of amides is 4. The summed E-state index contributed by atoms with van der Waals surface area (Å²) in [4.78, 5) is 43.6. The van der Waals surface area contributed by atoms with E-state index in [4.69, 9.17) is 0 Å². The van der Waals surface area contributed by atoms with Crippen LogP contribution in [0.4, 0.5) is 10.5 Å². The Labute approximate surface area is 153 Å². The van der Waals surface area contributed by atoms with Crippen LogP contribution in [0.15, 0.2) is 24.3 Å². The number of hydrogen-bond acceptors (Lipinski definition) is 4. The number of rotatable bonds is 0. The fourth-order valence-electron chi connectivity index (χ4n) is 5.43. The van der Waals surface area contributed by atoms with Gasteiger partial charge in [-0.05, 0) is 36.3 Å². The fourth-order valence-corrected chi connectivity index (χ4v) is 5.43. The molecule has 6 heteroatoms. The molecular weight excluding hydrogens is 330 g/mol. The first kappa shape index (κ1) is 17.1. The van der Waals surface area contributed by atoms with Gasteiger partial charge in [-0.15, -0.1) is 0 Å². The molecule has 1 spiro atoms. The van der Waals surface area contributed by atoms with Crippen LogP contribution in [-0.2, 0) is 16.0 Å². The van der Waals surface area contributed by atoms with E-state index in [-0.39, 0.29) is 23.8 Å². The summed E-state index contributed by atoms with van der Waals surface area (Å²) in [5.74, 6) is -0.0710. The van der Waals surface area contributed by atoms with E-state index in [1.807, 2.05) is 18.2 Å². The van der Waals surface area contributed by atoms with Gasteiger partial charge in [-0.25, -0.2) is 4.79 Å². The lowest BCUT2D eigenvalue weighted by atomic mass is 9.62. The molecule has 6 nitrogen and oxygen atoms in total. The van der Waals surface area contributed by atoms with Crippen LogP contribution in [0.1, 0.15) is 25.8 Å². The van der Waals surface area contributed by atoms with Gasteiger partial charge in [0, 0.05) is 26.3 Å². The molecule has 138 valence electrons. The molecule has 3 heterocycles. The lowest BCUT2D eigenvalue weighted by molar-refractivity contribution is -0.161. The van der Waals surface area contributed by atoms with Gasteiger partial charge in [0.2, 0.25) is 11.8 Å². The van der Waals surface area contributed by atoms with Gasteiger partial charge in [-0.2, -0.15) is 0 Å². The molecule has 1 aromatic carbocycles. The van der Waals surface area contributed by atoms with Crippen molar-refractivity contribution >= 4 is 23.5 Å². The maximum absolute atomic E-state index is 13.4. The molecule has 3 aliphatic rings. The van der Waals surface area contributed by atoms with E-state index in [9.17, 15) is 14.4 Å². The number of nitrogens with zero attached hydrogens (tertiary/aromatic N) is 3. The van der Waals surface area contributed by atoms with Crippen LogP contribution in [0, 0.1) is 17.3 Å². The van der Waals surface area contributed by atoms with Crippen molar-refractivity contribution in [3.8, 4) is 0 Å². The van der Waals surface area contributed by atoms with E-state index in [0.717, 1.165) is 34.0 Å². The lowest BCUT2D eigenvalue weighted by Crippen LogP contribution is -2.73. The highest BCUT2D eigenvalue weighted by Gasteiger charge is 2.64. The Morgan fingerprint density at radius 2 is 1.62 bits per heavy atom. The van der Waals surface area contributed by atoms with Gasteiger partial charge in [0.25, 0.3) is 0 Å². The first-order chi connectivity index (χ1) is 12.3. The Balaban J connectivity index is 1.94. The van der Waals surface area contributed by atoms with Crippen LogP contribution in [0.2, 0.25) is 0 Å². The van der Waals surface area contributed by atoms with Crippen LogP contribution < -0.4 is 4.90 Å². The van der Waals surface area contributed by atoms with E-state index in [0.29, 0.717) is 12.3 Å². The van der Waals surface area contributed by atoms with E-state index in [1.165, 1.54) is 14.1 Å². The summed E-state index contributed by atoms with van der Waals surface area (Å²) in [6.45, 7) is 5.15. The molecule has 2 fully saturated rings. The molecule has 1 aromatic rings. The first-order valence-corrected chi connectivity index (χ1v) is 9.24. The van der Waals surface area contributed by atoms with Gasteiger partial charge in [0.15, 0.2) is 5.41 Å². The minimum atomic E-state index is -1.23. The SMILES string of the molecule is CC1CC(C)C2N(C1)c1ccccc1CC21C(=O)N(C)C(=O)N(C)C1=O. The summed E-state index contributed by atoms with van der Waals surface area (Å²) in [5.41, 5.74) is 0.887. The molecule has 0 aromatic heterocycles. The third kappa shape index (κ3) is 2.01. The number of carbonyl (C=O) groups is 3. The monoisotopic (exact) mass is 355 g/mol. The van der Waals surface area contributed by atoms with E-state index in [2.05, 4.69) is 24.8 Å². The maximum Gasteiger partial charge on any atom is 0.332 e. The number of fused-ring (bicyclic) bond motifs is 4. The van der Waals surface area contributed by atoms with Gasteiger partial charge in [0.1, 0.15) is 0 Å². The number of benzene rings is 1. The number of barbiturate groups is 1. The van der Waals surface area contributed by atoms with Crippen molar-refractivity contribution < 1.29 is 14.4 Å². The molecule has 0 radical (unpaired) electrons. The Morgan fingerprint density at radius 1 is 1.00 bits per heavy atom. The standard InChI is InChI=1S/C20H25N3O3/c1-12-9-13(2)16-20(17(24)21(3)19(26)22(4)18(20)25)10-14-7-5-6-8-15(14)23(16)11-12/h5-8,12-13,16H,9-11H2,1-4H3. The van der Waals surface area contributed by atoms with Crippen molar-refractivity contribution in [2.75, 3.05) is 25.5 Å². The van der Waals surface area contributed by atoms with Gasteiger partial charge >= 0.3 is 6.03 Å². The highest BCUT2D eigenvalue weighted by molar-refractivity contribution is 6.20. The summed E-state index contributed by atoms with van der Waals surface area (Å²) >= 11 is 0. The van der Waals surface area contributed by atoms with Crippen LogP contribution >= 0.6 is 0 Å². The minimum absolute atomic E-state index is 0.176. The van der Waals surface area contributed by atoms with Crippen LogP contribution in [0.25, 0.3) is 0 Å². The van der Waals surface area contributed by atoms with Gasteiger partial charge < -0.3 is 4.90 Å². The Morgan fingerprint density at radius 3 is 2.27 bits per heavy atom. The first-order valence-electron chi connectivity index (χ1n) is 9.24. The van der Waals surface area contributed by atoms with Gasteiger partial charge in [-0.3, -0.25) is 19.4 Å². The average molecular weight is 355 g/mol. The second-order valence-electron chi connectivity index (χ2n) is 8.20. The Hall–Kier alpha value is -2.37. The normalized spacial score (nSPS) is 30.5. The number of urea groups is 1. The zero-order valence-corrected chi connectivity index (χ0v) is 15.7. The fraction of sp³-hybridized carbons (Fsp3) is 0.550. The van der Waals surface area contributed by atoms with E-state index < -0.39 is 11.4 Å². The third-order valence-corrected chi connectivity index (χ3v) is 6.38. The largest absolute Gasteiger partial charge is 0.366 e. The van der Waals surface area contributed by atoms with Crippen LogP contribution in [0.3, 0.4) is 0 Å². The number of hydrogen-bond donors (Lipinski definition) is 0. The van der Waals surface area contributed by atoms with Crippen molar-refractivity contribution in [2.45, 2.75) is 32.7 Å². The molecule has 4 rings (SSSR count). The quantitative estimate of drug-likeness (QED) is 0.669. The molecule has 2 saturated heterocycles. The van der Waals surface area contributed by atoms with Crippen molar-refractivity contribution in [3.05, 3.63) is 29.8 Å². The third-order valence-electron chi connectivity index (χ3n) is 6.38. The molecule has 0 bridgehead atoms. The van der Waals surface area contributed by atoms with Crippen molar-refractivity contribution in [3.63, 3.8) is 0 Å². The zero-order valence-electron chi connectivity index (χ0n) is 15.7. The number of para-hydroxylation sites is 1. The molecule has 0 N–H and O–H groups in total. The van der Waals surface area contributed by atoms with Gasteiger partial charge in [0.05, 0.1) is 6.04 Å². The molecule has 26 heavy (non-hydrogen) atoms. The minimum Gasteiger partial charge on any atom is -0.366 e. The Kier molecular flexibility index (Phi) is 3.65. The van der Waals surface area contributed by atoms with Crippen LogP contribution in [-0.4, -0.2) is 54.3 Å². The summed E-state index contributed by atoms with van der Waals surface area (Å²) in [7, 11) is 2.96. The highest BCUT2D eigenvalue weighted by Crippen LogP contribution is 2.50. The molecule has 0 saturated carbocycles. The summed E-state index contributed by atoms with van der Waals surface area (Å²) in [6, 6.07) is 7.24. The van der Waals surface area contributed by atoms with E-state index >= 15 is 0 Å². The molecule has 3 atom stereocenters. The van der Waals surface area contributed by atoms with Crippen molar-refractivity contribution in [1.29, 1.82) is 0 Å². The summed E-state index contributed by atoms with van der Waals surface area (Å²) < 4.78 is 0. The number of piperidine rings is 1. The molecule has 4 amide bonds. The topological polar surface area (TPSA) is 60.9 Å². The van der Waals surface area contributed by atoms with E-state index in [1.54, 1.807) is 0 Å². The molecule has 0 aliphatic carbocycles. The predicted molar refractivity (Wildman–Crippen MR) is 97.6 cm³/mol. The molecule has 3 unspecified atom stereocenters. The summed E-state index contributed by atoms with van der Waals surface area (Å²) in [6.07, 6.45) is 1.32. The Bertz CT molecular complexity index is 781. The maximum atomic E-state index is 13.4. The number of carbonyl (C=O) groups excluding carboxylic acids is 3. The van der Waals surface area contributed by atoms with Crippen molar-refractivity contribution in [2.24, 2.45) is 17.3 Å². The van der Waals surface area contributed by atoms with Crippen molar-refractivity contribution in [1.82, 2.24) is 9.80 Å². The van der Waals surface area contributed by atoms with Crippen LogP contribution in [0.5, 0.6) is 0 Å². The second-order valence-corrected chi connectivity index (χ2v) is 8.20. The number of anilines is 1. The second kappa shape index (κ2) is 5.56. The number of imide groups is 2. The molecular formula is C20H25N3O3. The highest BCUT2D eigenvalue weighted by atomic mass is 16.2. The average Bonchev–Trinajstić information content (AvgIpc) is 2.62. The molecule has 3 aliphatic heterocycles. The van der Waals surface area contributed by atoms with Gasteiger partial charge in [-0.1, -0.05) is 32.0 Å². The lowest BCUT2D eigenvalue weighted by Gasteiger charge is -2.57. The predicted octanol–water partition coefficient (Wildman–Crippen LogP) is 2.13. The smallest absolute Gasteiger partial charge is 0.332 e. The summed E-state index contributed by atoms with van der Waals surface area (Å²) in [5, 5.41) is 0. The zero-order chi connectivity index (χ0) is 18.8.